The minimum Gasteiger partial charge on any atom is -0.0628 e. The summed E-state index contributed by atoms with van der Waals surface area (Å²) >= 11 is 0. The number of hydrogen-bond donors (Lipinski definition) is 0. The van der Waals surface area contributed by atoms with Gasteiger partial charge in [-0.25, -0.2) is 0 Å². The van der Waals surface area contributed by atoms with Crippen molar-refractivity contribution >= 4 is 0 Å². The Bertz CT molecular complexity index is 80.2. The highest BCUT2D eigenvalue weighted by Gasteiger charge is 1.96. The van der Waals surface area contributed by atoms with Crippen molar-refractivity contribution in [1.82, 2.24) is 0 Å². The van der Waals surface area contributed by atoms with Gasteiger partial charge in [0.05, 0.1) is 0 Å². The highest BCUT2D eigenvalue weighted by molar-refractivity contribution is 4.50. The zero-order valence-electron chi connectivity index (χ0n) is 10.1. The second kappa shape index (κ2) is 8.59. The van der Waals surface area contributed by atoms with Crippen LogP contribution >= 0.6 is 0 Å². The van der Waals surface area contributed by atoms with Crippen LogP contribution in [0.25, 0.3) is 0 Å². The molecule has 80 valence electrons. The molecule has 0 saturated carbocycles. The number of rotatable bonds is 8. The maximum absolute atomic E-state index is 2.32. The van der Waals surface area contributed by atoms with Crippen LogP contribution in [0, 0.1) is 11.8 Å². The molecule has 0 aliphatic heterocycles. The van der Waals surface area contributed by atoms with E-state index in [4.69, 9.17) is 0 Å². The molecule has 0 aliphatic rings. The van der Waals surface area contributed by atoms with Gasteiger partial charge in [0.15, 0.2) is 0 Å². The topological polar surface area (TPSA) is 0 Å². The Balaban J connectivity index is 2.92. The molecule has 0 N–H and O–H groups in total. The quantitative estimate of drug-likeness (QED) is 0.464. The van der Waals surface area contributed by atoms with Crippen molar-refractivity contribution in [2.45, 2.75) is 72.6 Å². The molecule has 0 spiro atoms. The molecule has 0 fully saturated rings. The van der Waals surface area contributed by atoms with E-state index in [1.54, 1.807) is 0 Å². The molecule has 0 nitrogen and oxygen atoms in total. The van der Waals surface area contributed by atoms with Crippen LogP contribution < -0.4 is 0 Å². The third-order valence-corrected chi connectivity index (χ3v) is 2.56. The first-order valence-corrected chi connectivity index (χ1v) is 6.13. The predicted molar refractivity (Wildman–Crippen MR) is 62.0 cm³/mol. The summed E-state index contributed by atoms with van der Waals surface area (Å²) in [5, 5.41) is 0. The molecule has 0 aliphatic carbocycles. The van der Waals surface area contributed by atoms with Crippen LogP contribution in [0.15, 0.2) is 0 Å². The summed E-state index contributed by atoms with van der Waals surface area (Å²) in [6, 6.07) is 0. The van der Waals surface area contributed by atoms with Gasteiger partial charge in [-0.15, -0.1) is 0 Å². The lowest BCUT2D eigenvalue weighted by atomic mass is 10.0. The van der Waals surface area contributed by atoms with Crippen molar-refractivity contribution in [1.29, 1.82) is 0 Å². The molecule has 0 radical (unpaired) electrons. The fourth-order valence-electron chi connectivity index (χ4n) is 1.64. The Morgan fingerprint density at radius 3 is 1.15 bits per heavy atom. The normalized spacial score (nSPS) is 11.5. The van der Waals surface area contributed by atoms with E-state index in [9.17, 15) is 0 Å². The summed E-state index contributed by atoms with van der Waals surface area (Å²) in [5.41, 5.74) is 0. The molecule has 0 aromatic rings. The Hall–Kier alpha value is 0. The molecule has 0 heteroatoms. The minimum atomic E-state index is 0.899. The van der Waals surface area contributed by atoms with Crippen molar-refractivity contribution in [3.63, 3.8) is 0 Å². The molecular formula is C13H28. The molecule has 0 aromatic carbocycles. The van der Waals surface area contributed by atoms with Gasteiger partial charge in [-0.2, -0.15) is 0 Å². The Morgan fingerprint density at radius 1 is 0.538 bits per heavy atom. The molecule has 0 saturated heterocycles. The lowest BCUT2D eigenvalue weighted by molar-refractivity contribution is 0.489. The van der Waals surface area contributed by atoms with Gasteiger partial charge < -0.3 is 0 Å². The maximum atomic E-state index is 2.32. The monoisotopic (exact) mass is 184 g/mol. The van der Waals surface area contributed by atoms with E-state index in [0.717, 1.165) is 11.8 Å². The van der Waals surface area contributed by atoms with Crippen molar-refractivity contribution < 1.29 is 0 Å². The standard InChI is InChI=1S/C13H28/c1-12(2)10-8-6-5-7-9-11-13(3)4/h12-13H,5-11H2,1-4H3. The zero-order valence-corrected chi connectivity index (χ0v) is 10.1. The van der Waals surface area contributed by atoms with E-state index >= 15 is 0 Å². The SMILES string of the molecule is CC(C)CCCCCCCC(C)C. The summed E-state index contributed by atoms with van der Waals surface area (Å²) < 4.78 is 0. The summed E-state index contributed by atoms with van der Waals surface area (Å²) in [4.78, 5) is 0. The summed E-state index contributed by atoms with van der Waals surface area (Å²) in [6.45, 7) is 9.27. The summed E-state index contributed by atoms with van der Waals surface area (Å²) in [7, 11) is 0. The molecule has 0 unspecified atom stereocenters. The van der Waals surface area contributed by atoms with Gasteiger partial charge in [0.2, 0.25) is 0 Å². The van der Waals surface area contributed by atoms with Crippen molar-refractivity contribution in [3.05, 3.63) is 0 Å². The molecule has 0 rings (SSSR count). The van der Waals surface area contributed by atoms with Gasteiger partial charge in [-0.3, -0.25) is 0 Å². The third kappa shape index (κ3) is 12.0. The smallest absolute Gasteiger partial charge is 0.0471 e. The lowest BCUT2D eigenvalue weighted by Gasteiger charge is -2.05. The average molecular weight is 184 g/mol. The second-order valence-corrected chi connectivity index (χ2v) is 5.13. The van der Waals surface area contributed by atoms with Gasteiger partial charge in [0.25, 0.3) is 0 Å². The molecular weight excluding hydrogens is 156 g/mol. The number of hydrogen-bond acceptors (Lipinski definition) is 0. The first-order valence-electron chi connectivity index (χ1n) is 6.13. The summed E-state index contributed by atoms with van der Waals surface area (Å²) in [5.74, 6) is 1.80. The third-order valence-electron chi connectivity index (χ3n) is 2.56. The zero-order chi connectivity index (χ0) is 10.1. The Labute approximate surface area is 85.1 Å². The van der Waals surface area contributed by atoms with Crippen LogP contribution in [-0.4, -0.2) is 0 Å². The molecule has 0 atom stereocenters. The molecule has 0 amide bonds. The van der Waals surface area contributed by atoms with Gasteiger partial charge in [-0.1, -0.05) is 72.6 Å². The average Bonchev–Trinajstić information content (AvgIpc) is 2.01. The van der Waals surface area contributed by atoms with E-state index in [0.29, 0.717) is 0 Å². The lowest BCUT2D eigenvalue weighted by Crippen LogP contribution is -1.89. The van der Waals surface area contributed by atoms with Crippen molar-refractivity contribution in [2.24, 2.45) is 11.8 Å². The van der Waals surface area contributed by atoms with E-state index in [1.807, 2.05) is 0 Å². The van der Waals surface area contributed by atoms with E-state index < -0.39 is 0 Å². The fourth-order valence-corrected chi connectivity index (χ4v) is 1.64. The van der Waals surface area contributed by atoms with Gasteiger partial charge in [0.1, 0.15) is 0 Å². The number of unbranched alkanes of at least 4 members (excludes halogenated alkanes) is 4. The van der Waals surface area contributed by atoms with E-state index in [-0.39, 0.29) is 0 Å². The van der Waals surface area contributed by atoms with Gasteiger partial charge >= 0.3 is 0 Å². The van der Waals surface area contributed by atoms with E-state index in [1.165, 1.54) is 44.9 Å². The highest BCUT2D eigenvalue weighted by Crippen LogP contribution is 2.13. The van der Waals surface area contributed by atoms with Crippen LogP contribution in [0.1, 0.15) is 72.6 Å². The van der Waals surface area contributed by atoms with Crippen LogP contribution in [0.4, 0.5) is 0 Å². The first-order chi connectivity index (χ1) is 6.13. The molecule has 0 heterocycles. The predicted octanol–water partition coefficient (Wildman–Crippen LogP) is 5.03. The second-order valence-electron chi connectivity index (χ2n) is 5.13. The largest absolute Gasteiger partial charge is 0.0628 e. The van der Waals surface area contributed by atoms with E-state index in [2.05, 4.69) is 27.7 Å². The van der Waals surface area contributed by atoms with Gasteiger partial charge in [-0.05, 0) is 11.8 Å². The minimum absolute atomic E-state index is 0.899. The maximum Gasteiger partial charge on any atom is -0.0471 e. The van der Waals surface area contributed by atoms with Crippen LogP contribution in [0.2, 0.25) is 0 Å². The van der Waals surface area contributed by atoms with Crippen molar-refractivity contribution in [2.75, 3.05) is 0 Å². The molecule has 13 heavy (non-hydrogen) atoms. The Morgan fingerprint density at radius 2 is 0.846 bits per heavy atom. The summed E-state index contributed by atoms with van der Waals surface area (Å²) in [6.07, 6.45) is 10.1. The Kier molecular flexibility index (Phi) is 8.59. The van der Waals surface area contributed by atoms with Crippen LogP contribution in [0.5, 0.6) is 0 Å². The van der Waals surface area contributed by atoms with Gasteiger partial charge in [0, 0.05) is 0 Å². The molecule has 0 bridgehead atoms. The molecule has 0 aromatic heterocycles. The highest BCUT2D eigenvalue weighted by atomic mass is 14.0. The first kappa shape index (κ1) is 13.0. The fraction of sp³-hybridized carbons (Fsp3) is 1.00. The van der Waals surface area contributed by atoms with Crippen LogP contribution in [-0.2, 0) is 0 Å². The van der Waals surface area contributed by atoms with Crippen LogP contribution in [0.3, 0.4) is 0 Å². The van der Waals surface area contributed by atoms with Crippen molar-refractivity contribution in [3.8, 4) is 0 Å².